The quantitative estimate of drug-likeness (QED) is 0.365. The molecular formula is C28H24F2N6O3S. The Balaban J connectivity index is 1.21. The molecule has 2 aromatic carbocycles. The fourth-order valence-corrected chi connectivity index (χ4v) is 6.25. The van der Waals surface area contributed by atoms with Gasteiger partial charge in [-0.25, -0.2) is 13.8 Å². The standard InChI is InChI=1S/C28H24F2N6O3S/c29-28(30)15-19(28)25-32-22(26(40-25)36-10-12-38-13-11-36)24-34-35-27(39-24)33-23-20(37)14-17-8-4-5-9-18(17)21(31-23)16-6-2-1-3-7-16/h1-9,19,23H,10-15H2,(H,33,35)/t19?,23-/m1/s1. The maximum atomic E-state index is 13.9. The largest absolute Gasteiger partial charge is 0.402 e. The lowest BCUT2D eigenvalue weighted by Crippen LogP contribution is -2.35. The molecule has 0 amide bonds. The highest BCUT2D eigenvalue weighted by molar-refractivity contribution is 7.16. The van der Waals surface area contributed by atoms with Gasteiger partial charge in [-0.1, -0.05) is 59.7 Å². The second-order valence-corrected chi connectivity index (χ2v) is 10.9. The van der Waals surface area contributed by atoms with E-state index in [2.05, 4.69) is 20.5 Å². The SMILES string of the molecule is O=C1Cc2ccccc2C(c2ccccc2)=N[C@@H]1Nc1nnc(-c2nc(C3CC3(F)F)sc2N2CCOCC2)o1. The van der Waals surface area contributed by atoms with Gasteiger partial charge in [-0.3, -0.25) is 9.79 Å². The Morgan fingerprint density at radius 1 is 1.02 bits per heavy atom. The highest BCUT2D eigenvalue weighted by atomic mass is 32.1. The number of aromatic nitrogens is 3. The number of hydrogen-bond acceptors (Lipinski definition) is 10. The molecule has 1 saturated heterocycles. The zero-order valence-corrected chi connectivity index (χ0v) is 22.0. The van der Waals surface area contributed by atoms with Gasteiger partial charge >= 0.3 is 6.01 Å². The summed E-state index contributed by atoms with van der Waals surface area (Å²) in [6.07, 6.45) is -1.00. The fraction of sp³-hybridized carbons (Fsp3) is 0.321. The first-order valence-electron chi connectivity index (χ1n) is 13.0. The van der Waals surface area contributed by atoms with Crippen LogP contribution < -0.4 is 10.2 Å². The fourth-order valence-electron chi connectivity index (χ4n) is 4.97. The zero-order chi connectivity index (χ0) is 27.3. The van der Waals surface area contributed by atoms with Crippen molar-refractivity contribution < 1.29 is 22.7 Å². The molecule has 1 saturated carbocycles. The molecule has 4 heterocycles. The van der Waals surface area contributed by atoms with Crippen molar-refractivity contribution in [3.05, 3.63) is 76.3 Å². The Morgan fingerprint density at radius 2 is 1.77 bits per heavy atom. The summed E-state index contributed by atoms with van der Waals surface area (Å²) >= 11 is 1.23. The number of ether oxygens (including phenoxy) is 1. The van der Waals surface area contributed by atoms with Crippen LogP contribution in [0, 0.1) is 0 Å². The lowest BCUT2D eigenvalue weighted by Gasteiger charge is -2.27. The van der Waals surface area contributed by atoms with Crippen molar-refractivity contribution >= 4 is 33.8 Å². The Bertz CT molecular complexity index is 1600. The molecule has 2 fully saturated rings. The van der Waals surface area contributed by atoms with Gasteiger partial charge in [0.15, 0.2) is 17.6 Å². The molecule has 4 aromatic rings. The second-order valence-electron chi connectivity index (χ2n) is 9.93. The average Bonchev–Trinajstić information content (AvgIpc) is 3.29. The number of fused-ring (bicyclic) bond motifs is 1. The summed E-state index contributed by atoms with van der Waals surface area (Å²) < 4.78 is 39.1. The van der Waals surface area contributed by atoms with Gasteiger partial charge in [0.2, 0.25) is 0 Å². The molecule has 1 unspecified atom stereocenters. The van der Waals surface area contributed by atoms with Crippen molar-refractivity contribution in [2.45, 2.75) is 30.8 Å². The number of hydrogen-bond donors (Lipinski definition) is 1. The van der Waals surface area contributed by atoms with Crippen LogP contribution in [-0.4, -0.2) is 65.1 Å². The number of benzene rings is 2. The lowest BCUT2D eigenvalue weighted by molar-refractivity contribution is -0.119. The predicted octanol–water partition coefficient (Wildman–Crippen LogP) is 4.55. The van der Waals surface area contributed by atoms with E-state index in [9.17, 15) is 13.6 Å². The minimum Gasteiger partial charge on any atom is -0.402 e. The third kappa shape index (κ3) is 4.66. The maximum Gasteiger partial charge on any atom is 0.317 e. The smallest absolute Gasteiger partial charge is 0.317 e. The van der Waals surface area contributed by atoms with Gasteiger partial charge in [-0.2, -0.15) is 0 Å². The number of Topliss-reactive ketones (excluding diaryl/α,β-unsaturated/α-hetero) is 1. The second kappa shape index (κ2) is 9.86. The Kier molecular flexibility index (Phi) is 6.16. The van der Waals surface area contributed by atoms with E-state index in [0.717, 1.165) is 16.7 Å². The van der Waals surface area contributed by atoms with Crippen LogP contribution in [0.25, 0.3) is 11.6 Å². The van der Waals surface area contributed by atoms with Crippen molar-refractivity contribution in [3.63, 3.8) is 0 Å². The van der Waals surface area contributed by atoms with Crippen LogP contribution in [0.15, 0.2) is 64.0 Å². The van der Waals surface area contributed by atoms with E-state index in [1.54, 1.807) is 0 Å². The molecule has 0 spiro atoms. The topological polar surface area (TPSA) is 106 Å². The monoisotopic (exact) mass is 562 g/mol. The molecule has 2 aliphatic heterocycles. The van der Waals surface area contributed by atoms with Gasteiger partial charge < -0.3 is 19.4 Å². The molecule has 1 aliphatic carbocycles. The summed E-state index contributed by atoms with van der Waals surface area (Å²) in [6.45, 7) is 2.25. The predicted molar refractivity (Wildman–Crippen MR) is 145 cm³/mol. The van der Waals surface area contributed by atoms with E-state index in [4.69, 9.17) is 14.1 Å². The highest BCUT2D eigenvalue weighted by Gasteiger charge is 2.59. The van der Waals surface area contributed by atoms with Crippen LogP contribution in [0.3, 0.4) is 0 Å². The van der Waals surface area contributed by atoms with Gasteiger partial charge in [0.25, 0.3) is 11.8 Å². The number of aliphatic imine (C=N–C) groups is 1. The zero-order valence-electron chi connectivity index (χ0n) is 21.2. The lowest BCUT2D eigenvalue weighted by atomic mass is 9.96. The van der Waals surface area contributed by atoms with Crippen molar-refractivity contribution in [2.75, 3.05) is 36.5 Å². The minimum atomic E-state index is -2.75. The van der Waals surface area contributed by atoms with Crippen LogP contribution in [0.2, 0.25) is 0 Å². The first kappa shape index (κ1) is 25.0. The summed E-state index contributed by atoms with van der Waals surface area (Å²) in [5.41, 5.74) is 3.69. The number of thiazole rings is 1. The van der Waals surface area contributed by atoms with Gasteiger partial charge in [-0.15, -0.1) is 16.4 Å². The van der Waals surface area contributed by atoms with Crippen LogP contribution in [-0.2, 0) is 16.0 Å². The number of alkyl halides is 2. The van der Waals surface area contributed by atoms with Crippen molar-refractivity contribution in [2.24, 2.45) is 4.99 Å². The van der Waals surface area contributed by atoms with Gasteiger partial charge in [0.1, 0.15) is 10.0 Å². The summed E-state index contributed by atoms with van der Waals surface area (Å²) in [5.74, 6) is -3.71. The number of ketones is 1. The number of morpholine rings is 1. The van der Waals surface area contributed by atoms with Crippen molar-refractivity contribution in [3.8, 4) is 11.6 Å². The normalized spacial score (nSPS) is 21.9. The summed E-state index contributed by atoms with van der Waals surface area (Å²) in [5, 5.41) is 12.3. The van der Waals surface area contributed by atoms with Crippen molar-refractivity contribution in [1.82, 2.24) is 15.2 Å². The molecule has 0 bridgehead atoms. The number of carbonyl (C=O) groups is 1. The van der Waals surface area contributed by atoms with Crippen LogP contribution >= 0.6 is 11.3 Å². The molecule has 2 aromatic heterocycles. The van der Waals surface area contributed by atoms with Crippen LogP contribution in [0.1, 0.15) is 34.0 Å². The molecule has 2 atom stereocenters. The molecule has 9 nitrogen and oxygen atoms in total. The number of carbonyl (C=O) groups excluding carboxylic acids is 1. The van der Waals surface area contributed by atoms with E-state index in [1.165, 1.54) is 11.3 Å². The molecule has 7 rings (SSSR count). The van der Waals surface area contributed by atoms with E-state index in [1.807, 2.05) is 59.5 Å². The van der Waals surface area contributed by atoms with Gasteiger partial charge in [0, 0.05) is 37.1 Å². The van der Waals surface area contributed by atoms with Crippen LogP contribution in [0.4, 0.5) is 19.8 Å². The number of rotatable bonds is 6. The first-order chi connectivity index (χ1) is 19.5. The Labute approximate surface area is 231 Å². The van der Waals surface area contributed by atoms with Crippen LogP contribution in [0.5, 0.6) is 0 Å². The molecule has 0 radical (unpaired) electrons. The van der Waals surface area contributed by atoms with E-state index < -0.39 is 18.0 Å². The minimum absolute atomic E-state index is 0.00491. The molecule has 204 valence electrons. The highest BCUT2D eigenvalue weighted by Crippen LogP contribution is 2.58. The third-order valence-electron chi connectivity index (χ3n) is 7.18. The number of nitrogens with one attached hydrogen (secondary N) is 1. The molecule has 12 heteroatoms. The Hall–Kier alpha value is -4.03. The number of nitrogens with zero attached hydrogens (tertiary/aromatic N) is 5. The van der Waals surface area contributed by atoms with E-state index in [-0.39, 0.29) is 30.5 Å². The summed E-state index contributed by atoms with van der Waals surface area (Å²) in [6, 6.07) is 17.4. The maximum absolute atomic E-state index is 13.9. The number of halogens is 2. The number of anilines is 2. The average molecular weight is 563 g/mol. The summed E-state index contributed by atoms with van der Waals surface area (Å²) in [7, 11) is 0. The Morgan fingerprint density at radius 3 is 2.55 bits per heavy atom. The van der Waals surface area contributed by atoms with E-state index >= 15 is 0 Å². The van der Waals surface area contributed by atoms with E-state index in [0.29, 0.717) is 47.7 Å². The first-order valence-corrected chi connectivity index (χ1v) is 13.8. The van der Waals surface area contributed by atoms with Crippen molar-refractivity contribution in [1.29, 1.82) is 0 Å². The third-order valence-corrected chi connectivity index (χ3v) is 8.41. The van der Waals surface area contributed by atoms with Gasteiger partial charge in [-0.05, 0) is 5.56 Å². The molecule has 40 heavy (non-hydrogen) atoms. The molecule has 1 N–H and O–H groups in total. The summed E-state index contributed by atoms with van der Waals surface area (Å²) in [4.78, 5) is 24.6. The van der Waals surface area contributed by atoms with Gasteiger partial charge in [0.05, 0.1) is 24.8 Å². The molecule has 3 aliphatic rings. The molecular weight excluding hydrogens is 538 g/mol.